The molecule has 0 bridgehead atoms. The molecule has 1 unspecified atom stereocenters. The van der Waals surface area contributed by atoms with E-state index in [9.17, 15) is 9.90 Å². The molecule has 4 heteroatoms. The molecule has 0 saturated heterocycles. The van der Waals surface area contributed by atoms with Crippen LogP contribution in [0.5, 0.6) is 0 Å². The average molecular weight is 204 g/mol. The summed E-state index contributed by atoms with van der Waals surface area (Å²) in [6.07, 6.45) is 4.58. The average Bonchev–Trinajstić information content (AvgIpc) is 2.75. The summed E-state index contributed by atoms with van der Waals surface area (Å²) in [5.74, 6) is 0. The highest BCUT2D eigenvalue weighted by atomic mass is 16.3. The van der Waals surface area contributed by atoms with E-state index >= 15 is 0 Å². The van der Waals surface area contributed by atoms with Gasteiger partial charge in [-0.1, -0.05) is 6.58 Å². The van der Waals surface area contributed by atoms with Gasteiger partial charge in [0.2, 0.25) is 0 Å². The standard InChI is InChI=1S/C11H12N2O2/c1-8-3-4-9(7-14)10(11(8)15)13-6-2-5-12-13/h2,5-7,11,15H,1,3-4H2. The third-order valence-corrected chi connectivity index (χ3v) is 2.58. The van der Waals surface area contributed by atoms with Crippen molar-refractivity contribution in [1.82, 2.24) is 9.78 Å². The summed E-state index contributed by atoms with van der Waals surface area (Å²) in [5.41, 5.74) is 1.86. The molecule has 1 N–H and O–H groups in total. The van der Waals surface area contributed by atoms with Gasteiger partial charge in [-0.2, -0.15) is 5.10 Å². The fourth-order valence-electron chi connectivity index (χ4n) is 1.73. The number of aldehydes is 1. The predicted molar refractivity (Wildman–Crippen MR) is 55.9 cm³/mol. The minimum absolute atomic E-state index is 0.534. The van der Waals surface area contributed by atoms with Crippen LogP contribution in [-0.2, 0) is 4.79 Å². The number of aliphatic hydroxyl groups is 1. The first kappa shape index (κ1) is 9.86. The lowest BCUT2D eigenvalue weighted by molar-refractivity contribution is -0.105. The summed E-state index contributed by atoms with van der Waals surface area (Å²) in [4.78, 5) is 10.9. The third kappa shape index (κ3) is 1.64. The van der Waals surface area contributed by atoms with Gasteiger partial charge in [0.25, 0.3) is 0 Å². The van der Waals surface area contributed by atoms with Gasteiger partial charge in [-0.3, -0.25) is 4.79 Å². The second kappa shape index (κ2) is 3.82. The number of carbonyl (C=O) groups excluding carboxylic acids is 1. The van der Waals surface area contributed by atoms with Gasteiger partial charge in [0.1, 0.15) is 12.4 Å². The topological polar surface area (TPSA) is 55.1 Å². The van der Waals surface area contributed by atoms with E-state index in [2.05, 4.69) is 11.7 Å². The van der Waals surface area contributed by atoms with Crippen molar-refractivity contribution in [2.45, 2.75) is 18.9 Å². The Morgan fingerprint density at radius 3 is 3.00 bits per heavy atom. The summed E-state index contributed by atoms with van der Waals surface area (Å²) >= 11 is 0. The van der Waals surface area contributed by atoms with Gasteiger partial charge in [0.15, 0.2) is 0 Å². The molecule has 1 heterocycles. The van der Waals surface area contributed by atoms with Crippen molar-refractivity contribution >= 4 is 12.0 Å². The summed E-state index contributed by atoms with van der Waals surface area (Å²) in [6, 6.07) is 1.75. The number of rotatable bonds is 2. The zero-order chi connectivity index (χ0) is 10.8. The van der Waals surface area contributed by atoms with Crippen LogP contribution in [0, 0.1) is 0 Å². The van der Waals surface area contributed by atoms with E-state index in [1.54, 1.807) is 18.5 Å². The van der Waals surface area contributed by atoms with E-state index in [1.165, 1.54) is 4.68 Å². The largest absolute Gasteiger partial charge is 0.382 e. The molecule has 0 fully saturated rings. The zero-order valence-corrected chi connectivity index (χ0v) is 8.26. The summed E-state index contributed by atoms with van der Waals surface area (Å²) in [7, 11) is 0. The van der Waals surface area contributed by atoms with Crippen molar-refractivity contribution in [2.24, 2.45) is 0 Å². The predicted octanol–water partition coefficient (Wildman–Crippen LogP) is 1.00. The molecule has 78 valence electrons. The normalized spacial score (nSPS) is 21.9. The molecule has 0 amide bonds. The Labute approximate surface area is 87.5 Å². The van der Waals surface area contributed by atoms with Crippen LogP contribution in [0.1, 0.15) is 12.8 Å². The molecule has 0 aliphatic heterocycles. The molecule has 1 atom stereocenters. The van der Waals surface area contributed by atoms with E-state index in [1.807, 2.05) is 0 Å². The van der Waals surface area contributed by atoms with Crippen molar-refractivity contribution in [3.05, 3.63) is 36.2 Å². The van der Waals surface area contributed by atoms with Crippen LogP contribution in [0.3, 0.4) is 0 Å². The van der Waals surface area contributed by atoms with Gasteiger partial charge >= 0.3 is 0 Å². The second-order valence-corrected chi connectivity index (χ2v) is 3.54. The van der Waals surface area contributed by atoms with E-state index in [0.717, 1.165) is 11.9 Å². The number of aliphatic hydroxyl groups excluding tert-OH is 1. The van der Waals surface area contributed by atoms with E-state index in [0.29, 0.717) is 24.1 Å². The smallest absolute Gasteiger partial charge is 0.147 e. The Kier molecular flexibility index (Phi) is 2.51. The molecule has 0 spiro atoms. The Morgan fingerprint density at radius 1 is 1.60 bits per heavy atom. The van der Waals surface area contributed by atoms with Gasteiger partial charge in [-0.05, 0) is 24.5 Å². The van der Waals surface area contributed by atoms with Crippen molar-refractivity contribution in [2.75, 3.05) is 0 Å². The van der Waals surface area contributed by atoms with E-state index in [-0.39, 0.29) is 0 Å². The lowest BCUT2D eigenvalue weighted by Gasteiger charge is -2.24. The van der Waals surface area contributed by atoms with Gasteiger partial charge in [-0.25, -0.2) is 4.68 Å². The number of nitrogens with zero attached hydrogens (tertiary/aromatic N) is 2. The molecule has 4 nitrogen and oxygen atoms in total. The first-order valence-corrected chi connectivity index (χ1v) is 4.78. The number of aromatic nitrogens is 2. The van der Waals surface area contributed by atoms with Gasteiger partial charge in [0.05, 0.1) is 5.70 Å². The van der Waals surface area contributed by atoms with Crippen LogP contribution in [0.4, 0.5) is 0 Å². The second-order valence-electron chi connectivity index (χ2n) is 3.54. The molecule has 1 aromatic rings. The molecule has 1 aliphatic carbocycles. The summed E-state index contributed by atoms with van der Waals surface area (Å²) in [5, 5.41) is 14.0. The van der Waals surface area contributed by atoms with Crippen LogP contribution in [0.2, 0.25) is 0 Å². The van der Waals surface area contributed by atoms with Crippen molar-refractivity contribution in [3.8, 4) is 0 Å². The van der Waals surface area contributed by atoms with Crippen LogP contribution in [0.25, 0.3) is 5.70 Å². The van der Waals surface area contributed by atoms with Gasteiger partial charge in [0, 0.05) is 18.0 Å². The first-order chi connectivity index (χ1) is 7.24. The highest BCUT2D eigenvalue weighted by molar-refractivity contribution is 5.85. The summed E-state index contributed by atoms with van der Waals surface area (Å²) in [6.45, 7) is 3.78. The van der Waals surface area contributed by atoms with Crippen molar-refractivity contribution in [3.63, 3.8) is 0 Å². The minimum Gasteiger partial charge on any atom is -0.382 e. The SMILES string of the molecule is C=C1CCC(C=O)=C(n2cccn2)C1O. The maximum absolute atomic E-state index is 10.9. The highest BCUT2D eigenvalue weighted by Crippen LogP contribution is 2.29. The Morgan fingerprint density at radius 2 is 2.40 bits per heavy atom. The lowest BCUT2D eigenvalue weighted by atomic mass is 9.91. The van der Waals surface area contributed by atoms with Crippen LogP contribution >= 0.6 is 0 Å². The minimum atomic E-state index is -0.793. The molecule has 2 rings (SSSR count). The molecule has 0 radical (unpaired) electrons. The number of hydrogen-bond acceptors (Lipinski definition) is 3. The summed E-state index contributed by atoms with van der Waals surface area (Å²) < 4.78 is 1.53. The van der Waals surface area contributed by atoms with Crippen molar-refractivity contribution in [1.29, 1.82) is 0 Å². The third-order valence-electron chi connectivity index (χ3n) is 2.58. The monoisotopic (exact) mass is 204 g/mol. The highest BCUT2D eigenvalue weighted by Gasteiger charge is 2.25. The van der Waals surface area contributed by atoms with Crippen molar-refractivity contribution < 1.29 is 9.90 Å². The Balaban J connectivity index is 2.51. The van der Waals surface area contributed by atoms with Crippen LogP contribution in [-0.4, -0.2) is 27.3 Å². The molecule has 1 aromatic heterocycles. The fraction of sp³-hybridized carbons (Fsp3) is 0.273. The number of carbonyl (C=O) groups is 1. The molecule has 15 heavy (non-hydrogen) atoms. The van der Waals surface area contributed by atoms with Gasteiger partial charge in [-0.15, -0.1) is 0 Å². The van der Waals surface area contributed by atoms with Crippen LogP contribution < -0.4 is 0 Å². The van der Waals surface area contributed by atoms with E-state index < -0.39 is 6.10 Å². The van der Waals surface area contributed by atoms with Crippen LogP contribution in [0.15, 0.2) is 36.2 Å². The molecule has 0 aromatic carbocycles. The first-order valence-electron chi connectivity index (χ1n) is 4.78. The lowest BCUT2D eigenvalue weighted by Crippen LogP contribution is -2.23. The maximum Gasteiger partial charge on any atom is 0.147 e. The molecular weight excluding hydrogens is 192 g/mol. The Hall–Kier alpha value is -1.68. The van der Waals surface area contributed by atoms with E-state index in [4.69, 9.17) is 0 Å². The Bertz CT molecular complexity index is 418. The zero-order valence-electron chi connectivity index (χ0n) is 8.26. The number of hydrogen-bond donors (Lipinski definition) is 1. The fourth-order valence-corrected chi connectivity index (χ4v) is 1.73. The van der Waals surface area contributed by atoms with Gasteiger partial charge < -0.3 is 5.11 Å². The maximum atomic E-state index is 10.9. The molecular formula is C11H12N2O2. The molecule has 0 saturated carbocycles. The number of allylic oxidation sites excluding steroid dienone is 1. The quantitative estimate of drug-likeness (QED) is 0.577. The molecule has 1 aliphatic rings.